The maximum atomic E-state index is 5.15. The SMILES string of the molecule is CCCNC1CC2CCC(C1)N2c1ccc(OC)nc1. The average Bonchev–Trinajstić information content (AvgIpc) is 2.76. The third-order valence-electron chi connectivity index (χ3n) is 4.64. The minimum Gasteiger partial charge on any atom is -0.481 e. The van der Waals surface area contributed by atoms with Crippen molar-refractivity contribution in [3.8, 4) is 5.88 Å². The largest absolute Gasteiger partial charge is 0.481 e. The molecule has 4 heteroatoms. The summed E-state index contributed by atoms with van der Waals surface area (Å²) in [5, 5.41) is 3.70. The molecule has 0 aromatic carbocycles. The summed E-state index contributed by atoms with van der Waals surface area (Å²) in [6.07, 6.45) is 8.36. The van der Waals surface area contributed by atoms with Gasteiger partial charge in [0.25, 0.3) is 0 Å². The van der Waals surface area contributed by atoms with E-state index in [4.69, 9.17) is 4.74 Å². The van der Waals surface area contributed by atoms with E-state index in [0.29, 0.717) is 24.0 Å². The van der Waals surface area contributed by atoms with Gasteiger partial charge < -0.3 is 15.0 Å². The lowest BCUT2D eigenvalue weighted by Crippen LogP contribution is -2.49. The Kier molecular flexibility index (Phi) is 4.10. The Morgan fingerprint density at radius 1 is 1.30 bits per heavy atom. The molecule has 2 aliphatic heterocycles. The van der Waals surface area contributed by atoms with Crippen molar-refractivity contribution >= 4 is 5.69 Å². The highest BCUT2D eigenvalue weighted by molar-refractivity contribution is 5.49. The van der Waals surface area contributed by atoms with Crippen molar-refractivity contribution in [1.82, 2.24) is 10.3 Å². The molecule has 3 heterocycles. The zero-order chi connectivity index (χ0) is 13.9. The van der Waals surface area contributed by atoms with Crippen LogP contribution in [0.1, 0.15) is 39.0 Å². The van der Waals surface area contributed by atoms with E-state index in [1.54, 1.807) is 7.11 Å². The zero-order valence-electron chi connectivity index (χ0n) is 12.5. The summed E-state index contributed by atoms with van der Waals surface area (Å²) in [6, 6.07) is 6.18. The number of piperidine rings is 1. The molecule has 0 spiro atoms. The number of fused-ring (bicyclic) bond motifs is 2. The molecule has 3 rings (SSSR count). The molecule has 2 fully saturated rings. The Hall–Kier alpha value is -1.29. The molecule has 1 aromatic rings. The lowest BCUT2D eigenvalue weighted by Gasteiger charge is -2.40. The summed E-state index contributed by atoms with van der Waals surface area (Å²) >= 11 is 0. The van der Waals surface area contributed by atoms with Gasteiger partial charge in [-0.1, -0.05) is 6.92 Å². The van der Waals surface area contributed by atoms with Crippen molar-refractivity contribution in [3.05, 3.63) is 18.3 Å². The van der Waals surface area contributed by atoms with E-state index >= 15 is 0 Å². The molecule has 20 heavy (non-hydrogen) atoms. The highest BCUT2D eigenvalue weighted by Crippen LogP contribution is 2.39. The van der Waals surface area contributed by atoms with Gasteiger partial charge in [0, 0.05) is 24.2 Å². The molecular formula is C16H25N3O. The minimum atomic E-state index is 0.679. The van der Waals surface area contributed by atoms with Gasteiger partial charge in [-0.15, -0.1) is 0 Å². The molecule has 1 N–H and O–H groups in total. The molecule has 2 bridgehead atoms. The Balaban J connectivity index is 1.69. The monoisotopic (exact) mass is 275 g/mol. The number of rotatable bonds is 5. The van der Waals surface area contributed by atoms with Crippen LogP contribution in [0.15, 0.2) is 18.3 Å². The van der Waals surface area contributed by atoms with Crippen LogP contribution in [-0.4, -0.2) is 36.8 Å². The smallest absolute Gasteiger partial charge is 0.213 e. The standard InChI is InChI=1S/C16H25N3O/c1-3-8-17-12-9-13-4-5-14(10-12)19(13)15-6-7-16(20-2)18-11-15/h6-7,11-14,17H,3-5,8-10H2,1-2H3. The van der Waals surface area contributed by atoms with E-state index in [9.17, 15) is 0 Å². The van der Waals surface area contributed by atoms with Crippen LogP contribution in [0.2, 0.25) is 0 Å². The first-order valence-electron chi connectivity index (χ1n) is 7.83. The maximum Gasteiger partial charge on any atom is 0.213 e. The summed E-state index contributed by atoms with van der Waals surface area (Å²) in [5.41, 5.74) is 1.26. The van der Waals surface area contributed by atoms with Crippen molar-refractivity contribution in [2.45, 2.75) is 57.2 Å². The normalized spacial score (nSPS) is 28.7. The number of nitrogens with one attached hydrogen (secondary N) is 1. The number of methoxy groups -OCH3 is 1. The van der Waals surface area contributed by atoms with Gasteiger partial charge in [-0.05, 0) is 44.7 Å². The van der Waals surface area contributed by atoms with Crippen LogP contribution in [0, 0.1) is 0 Å². The van der Waals surface area contributed by atoms with E-state index < -0.39 is 0 Å². The van der Waals surface area contributed by atoms with Crippen LogP contribution in [0.3, 0.4) is 0 Å². The average molecular weight is 275 g/mol. The number of hydrogen-bond donors (Lipinski definition) is 1. The number of pyridine rings is 1. The topological polar surface area (TPSA) is 37.4 Å². The predicted octanol–water partition coefficient (Wildman–Crippen LogP) is 2.59. The van der Waals surface area contributed by atoms with Crippen LogP contribution in [0.4, 0.5) is 5.69 Å². The second-order valence-electron chi connectivity index (χ2n) is 5.97. The van der Waals surface area contributed by atoms with Crippen molar-refractivity contribution < 1.29 is 4.74 Å². The molecule has 0 aliphatic carbocycles. The molecule has 2 aliphatic rings. The number of ether oxygens (including phenoxy) is 1. The highest BCUT2D eigenvalue weighted by Gasteiger charge is 2.40. The second kappa shape index (κ2) is 6.00. The summed E-state index contributed by atoms with van der Waals surface area (Å²) in [7, 11) is 1.66. The molecule has 2 unspecified atom stereocenters. The maximum absolute atomic E-state index is 5.15. The number of hydrogen-bond acceptors (Lipinski definition) is 4. The van der Waals surface area contributed by atoms with Gasteiger partial charge in [0.15, 0.2) is 0 Å². The van der Waals surface area contributed by atoms with E-state index in [2.05, 4.69) is 28.2 Å². The van der Waals surface area contributed by atoms with E-state index in [-0.39, 0.29) is 0 Å². The fraction of sp³-hybridized carbons (Fsp3) is 0.688. The van der Waals surface area contributed by atoms with E-state index in [0.717, 1.165) is 6.54 Å². The zero-order valence-corrected chi connectivity index (χ0v) is 12.5. The first-order valence-corrected chi connectivity index (χ1v) is 7.83. The summed E-state index contributed by atoms with van der Waals surface area (Å²) in [6.45, 7) is 3.38. The molecule has 0 radical (unpaired) electrons. The summed E-state index contributed by atoms with van der Waals surface area (Å²) < 4.78 is 5.15. The van der Waals surface area contributed by atoms with Gasteiger partial charge in [-0.2, -0.15) is 0 Å². The van der Waals surface area contributed by atoms with E-state index in [1.807, 2.05) is 12.3 Å². The summed E-state index contributed by atoms with van der Waals surface area (Å²) in [5.74, 6) is 0.695. The minimum absolute atomic E-state index is 0.679. The fourth-order valence-corrected chi connectivity index (χ4v) is 3.76. The number of nitrogens with zero attached hydrogens (tertiary/aromatic N) is 2. The Labute approximate surface area is 121 Å². The van der Waals surface area contributed by atoms with E-state index in [1.165, 1.54) is 37.8 Å². The second-order valence-corrected chi connectivity index (χ2v) is 5.97. The van der Waals surface area contributed by atoms with Gasteiger partial charge in [0.1, 0.15) is 0 Å². The number of anilines is 1. The Bertz CT molecular complexity index is 420. The van der Waals surface area contributed by atoms with Crippen molar-refractivity contribution in [1.29, 1.82) is 0 Å². The van der Waals surface area contributed by atoms with Crippen LogP contribution < -0.4 is 15.0 Å². The molecule has 1 aromatic heterocycles. The summed E-state index contributed by atoms with van der Waals surface area (Å²) in [4.78, 5) is 6.95. The van der Waals surface area contributed by atoms with Gasteiger partial charge in [-0.25, -0.2) is 4.98 Å². The van der Waals surface area contributed by atoms with Crippen LogP contribution in [0.25, 0.3) is 0 Å². The van der Waals surface area contributed by atoms with Crippen molar-refractivity contribution in [2.75, 3.05) is 18.6 Å². The van der Waals surface area contributed by atoms with Crippen LogP contribution in [-0.2, 0) is 0 Å². The highest BCUT2D eigenvalue weighted by atomic mass is 16.5. The molecule has 110 valence electrons. The number of aromatic nitrogens is 1. The lowest BCUT2D eigenvalue weighted by molar-refractivity contribution is 0.356. The van der Waals surface area contributed by atoms with Gasteiger partial charge in [-0.3, -0.25) is 0 Å². The molecule has 0 amide bonds. The van der Waals surface area contributed by atoms with Crippen molar-refractivity contribution in [3.63, 3.8) is 0 Å². The van der Waals surface area contributed by atoms with Gasteiger partial charge >= 0.3 is 0 Å². The van der Waals surface area contributed by atoms with Gasteiger partial charge in [0.2, 0.25) is 5.88 Å². The van der Waals surface area contributed by atoms with Crippen molar-refractivity contribution in [2.24, 2.45) is 0 Å². The van der Waals surface area contributed by atoms with Crippen LogP contribution in [0.5, 0.6) is 5.88 Å². The quantitative estimate of drug-likeness (QED) is 0.896. The predicted molar refractivity (Wildman–Crippen MR) is 81.4 cm³/mol. The third-order valence-corrected chi connectivity index (χ3v) is 4.64. The Morgan fingerprint density at radius 2 is 2.05 bits per heavy atom. The first-order chi connectivity index (χ1) is 9.81. The van der Waals surface area contributed by atoms with Crippen LogP contribution >= 0.6 is 0 Å². The molecule has 0 saturated carbocycles. The fourth-order valence-electron chi connectivity index (χ4n) is 3.76. The molecule has 4 nitrogen and oxygen atoms in total. The Morgan fingerprint density at radius 3 is 2.60 bits per heavy atom. The van der Waals surface area contributed by atoms with Gasteiger partial charge in [0.05, 0.1) is 19.0 Å². The lowest BCUT2D eigenvalue weighted by atomic mass is 9.96. The molecule has 2 atom stereocenters. The molecule has 2 saturated heterocycles. The first kappa shape index (κ1) is 13.7. The molecular weight excluding hydrogens is 250 g/mol. The third kappa shape index (κ3) is 2.62.